The molecule has 0 saturated carbocycles. The molecule has 12 heteroatoms. The van der Waals surface area contributed by atoms with Crippen LogP contribution in [0.4, 0.5) is 5.69 Å². The molecule has 1 unspecified atom stereocenters. The fourth-order valence-electron chi connectivity index (χ4n) is 6.20. The van der Waals surface area contributed by atoms with Crippen LogP contribution in [0.5, 0.6) is 0 Å². The molecule has 244 valence electrons. The van der Waals surface area contributed by atoms with Gasteiger partial charge in [-0.1, -0.05) is 48.5 Å². The van der Waals surface area contributed by atoms with Crippen molar-refractivity contribution in [1.82, 2.24) is 15.5 Å². The lowest BCUT2D eigenvalue weighted by atomic mass is 9.74. The van der Waals surface area contributed by atoms with Crippen molar-refractivity contribution in [2.45, 2.75) is 50.3 Å². The minimum absolute atomic E-state index is 0.0651. The quantitative estimate of drug-likeness (QED) is 0.324. The minimum atomic E-state index is -3.47. The average Bonchev–Trinajstić information content (AvgIpc) is 3.35. The molecule has 2 aliphatic rings. The zero-order chi connectivity index (χ0) is 33.1. The van der Waals surface area contributed by atoms with Gasteiger partial charge in [0.25, 0.3) is 5.91 Å². The molecule has 46 heavy (non-hydrogen) atoms. The Morgan fingerprint density at radius 2 is 1.67 bits per heavy atom. The van der Waals surface area contributed by atoms with Crippen LogP contribution in [0.3, 0.4) is 0 Å². The van der Waals surface area contributed by atoms with E-state index < -0.39 is 38.8 Å². The molecule has 11 nitrogen and oxygen atoms in total. The van der Waals surface area contributed by atoms with Gasteiger partial charge in [0, 0.05) is 31.1 Å². The molecule has 2 aliphatic heterocycles. The fourth-order valence-corrected chi connectivity index (χ4v) is 7.20. The molecule has 0 radical (unpaired) electrons. The van der Waals surface area contributed by atoms with Gasteiger partial charge in [0.1, 0.15) is 24.2 Å². The lowest BCUT2D eigenvalue weighted by Crippen LogP contribution is -2.61. The fraction of sp³-hybridized carbons (Fsp3) is 0.412. The van der Waals surface area contributed by atoms with Crippen molar-refractivity contribution >= 4 is 33.4 Å². The Kier molecular flexibility index (Phi) is 9.50. The number of aryl methyl sites for hydroxylation is 1. The monoisotopic (exact) mass is 648 g/mol. The highest BCUT2D eigenvalue weighted by molar-refractivity contribution is 7.92. The highest BCUT2D eigenvalue weighted by atomic mass is 32.2. The number of aromatic nitrogens is 1. The second kappa shape index (κ2) is 13.2. The summed E-state index contributed by atoms with van der Waals surface area (Å²) in [7, 11) is -1.66. The molecule has 3 heterocycles. The summed E-state index contributed by atoms with van der Waals surface area (Å²) >= 11 is 0. The predicted molar refractivity (Wildman–Crippen MR) is 173 cm³/mol. The number of pyridine rings is 1. The maximum atomic E-state index is 14.0. The average molecular weight is 649 g/mol. The van der Waals surface area contributed by atoms with E-state index in [0.717, 1.165) is 11.1 Å². The molecular formula is C34H42N5O6S+. The molecule has 0 bridgehead atoms. The van der Waals surface area contributed by atoms with Crippen LogP contribution in [-0.2, 0) is 43.4 Å². The number of fused-ring (bicyclic) bond motifs is 2. The topological polar surface area (TPSA) is 129 Å². The second-order valence-corrected chi connectivity index (χ2v) is 14.7. The van der Waals surface area contributed by atoms with Gasteiger partial charge in [-0.25, -0.2) is 13.0 Å². The third kappa shape index (κ3) is 7.23. The molecule has 5 rings (SSSR count). The minimum Gasteiger partial charge on any atom is -0.374 e. The Hall–Kier alpha value is -4.29. The number of amides is 3. The number of carbonyl (C=O) groups is 3. The molecule has 1 spiro atoms. The van der Waals surface area contributed by atoms with Crippen molar-refractivity contribution in [3.8, 4) is 0 Å². The van der Waals surface area contributed by atoms with Gasteiger partial charge < -0.3 is 20.3 Å². The van der Waals surface area contributed by atoms with E-state index >= 15 is 0 Å². The van der Waals surface area contributed by atoms with Crippen molar-refractivity contribution in [1.29, 1.82) is 0 Å². The number of piperidine rings is 1. The van der Waals surface area contributed by atoms with Crippen LogP contribution < -0.4 is 19.5 Å². The molecule has 0 aliphatic carbocycles. The Morgan fingerprint density at radius 1 is 1.00 bits per heavy atom. The normalized spacial score (nSPS) is 16.5. The van der Waals surface area contributed by atoms with Crippen LogP contribution in [-0.4, -0.2) is 75.1 Å². The number of benzene rings is 2. The number of anilines is 1. The zero-order valence-electron chi connectivity index (χ0n) is 26.7. The van der Waals surface area contributed by atoms with Gasteiger partial charge in [-0.15, -0.1) is 0 Å². The number of likely N-dealkylation sites (tertiary alicyclic amines) is 1. The molecule has 3 aromatic rings. The van der Waals surface area contributed by atoms with E-state index in [2.05, 4.69) is 10.6 Å². The standard InChI is InChI=1S/C34H41N5O6S/c1-33(2,36-30(40)26-13-10-18-37(3)21-26)32(42)35-28(23-45-22-25-11-6-5-7-12-25)31(41)38-19-16-34(17-20-38)24-39(46(4,43)44)29-15-9-8-14-27(29)34/h5-15,18,21,28H,16-17,19-20,22-24H2,1-4H3,(H-,35,36,40,42)/p+1. The van der Waals surface area contributed by atoms with Crippen LogP contribution in [0.2, 0.25) is 0 Å². The van der Waals surface area contributed by atoms with E-state index in [4.69, 9.17) is 4.74 Å². The van der Waals surface area contributed by atoms with Crippen LogP contribution in [0.1, 0.15) is 48.2 Å². The summed E-state index contributed by atoms with van der Waals surface area (Å²) in [6.07, 6.45) is 5.82. The SMILES string of the molecule is C[n+]1cccc(C(=O)NC(C)(C)C(=O)NC(COCc2ccccc2)C(=O)N2CCC3(CC2)CN(S(C)(=O)=O)c2ccccc23)c1. The Balaban J connectivity index is 1.29. The van der Waals surface area contributed by atoms with Gasteiger partial charge in [0.05, 0.1) is 25.2 Å². The number of nitrogens with one attached hydrogen (secondary N) is 2. The Bertz CT molecular complexity index is 1700. The summed E-state index contributed by atoms with van der Waals surface area (Å²) in [5.41, 5.74) is 1.26. The van der Waals surface area contributed by atoms with Gasteiger partial charge in [0.2, 0.25) is 21.8 Å². The number of hydrogen-bond donors (Lipinski definition) is 2. The van der Waals surface area contributed by atoms with Gasteiger partial charge in [0.15, 0.2) is 12.4 Å². The van der Waals surface area contributed by atoms with Crippen molar-refractivity contribution in [3.05, 3.63) is 95.8 Å². The van der Waals surface area contributed by atoms with Gasteiger partial charge in [-0.2, -0.15) is 0 Å². The van der Waals surface area contributed by atoms with Gasteiger partial charge >= 0.3 is 0 Å². The summed E-state index contributed by atoms with van der Waals surface area (Å²) in [4.78, 5) is 42.2. The summed E-state index contributed by atoms with van der Waals surface area (Å²) in [6, 6.07) is 19.5. The van der Waals surface area contributed by atoms with E-state index in [1.165, 1.54) is 10.6 Å². The second-order valence-electron chi connectivity index (χ2n) is 12.8. The first-order valence-electron chi connectivity index (χ1n) is 15.4. The van der Waals surface area contributed by atoms with Crippen molar-refractivity contribution < 1.29 is 32.1 Å². The van der Waals surface area contributed by atoms with E-state index in [9.17, 15) is 22.8 Å². The molecule has 1 aromatic heterocycles. The van der Waals surface area contributed by atoms with Crippen LogP contribution in [0.25, 0.3) is 0 Å². The smallest absolute Gasteiger partial charge is 0.258 e. The summed E-state index contributed by atoms with van der Waals surface area (Å²) in [5, 5.41) is 5.63. The first kappa shape index (κ1) is 33.1. The zero-order valence-corrected chi connectivity index (χ0v) is 27.5. The van der Waals surface area contributed by atoms with E-state index in [1.54, 1.807) is 54.9 Å². The predicted octanol–water partition coefficient (Wildman–Crippen LogP) is 2.06. The first-order chi connectivity index (χ1) is 21.8. The highest BCUT2D eigenvalue weighted by Crippen LogP contribution is 2.47. The molecule has 2 N–H and O–H groups in total. The number of nitrogens with zero attached hydrogens (tertiary/aromatic N) is 3. The van der Waals surface area contributed by atoms with Crippen LogP contribution in [0.15, 0.2) is 79.1 Å². The Labute approximate surface area is 270 Å². The van der Waals surface area contributed by atoms with Crippen LogP contribution in [0, 0.1) is 0 Å². The number of rotatable bonds is 10. The van der Waals surface area contributed by atoms with E-state index in [1.807, 2.05) is 54.6 Å². The molecular weight excluding hydrogens is 606 g/mol. The summed E-state index contributed by atoms with van der Waals surface area (Å²) < 4.78 is 34.4. The van der Waals surface area contributed by atoms with E-state index in [-0.39, 0.29) is 19.1 Å². The van der Waals surface area contributed by atoms with Crippen molar-refractivity contribution in [2.75, 3.05) is 36.8 Å². The van der Waals surface area contributed by atoms with Crippen molar-refractivity contribution in [3.63, 3.8) is 0 Å². The molecule has 1 atom stereocenters. The molecule has 3 amide bonds. The third-order valence-electron chi connectivity index (χ3n) is 8.82. The lowest BCUT2D eigenvalue weighted by molar-refractivity contribution is -0.671. The lowest BCUT2D eigenvalue weighted by Gasteiger charge is -2.41. The number of ether oxygens (including phenoxy) is 1. The van der Waals surface area contributed by atoms with Gasteiger partial charge in [-0.3, -0.25) is 18.7 Å². The number of hydrogen-bond acceptors (Lipinski definition) is 6. The van der Waals surface area contributed by atoms with Crippen LogP contribution >= 0.6 is 0 Å². The molecule has 1 saturated heterocycles. The molecule has 2 aromatic carbocycles. The summed E-state index contributed by atoms with van der Waals surface area (Å²) in [5.74, 6) is -1.23. The maximum absolute atomic E-state index is 14.0. The Morgan fingerprint density at radius 3 is 2.35 bits per heavy atom. The molecule has 1 fully saturated rings. The van der Waals surface area contributed by atoms with E-state index in [0.29, 0.717) is 43.7 Å². The van der Waals surface area contributed by atoms with Gasteiger partial charge in [-0.05, 0) is 49.9 Å². The maximum Gasteiger partial charge on any atom is 0.258 e. The largest absolute Gasteiger partial charge is 0.374 e. The first-order valence-corrected chi connectivity index (χ1v) is 17.2. The summed E-state index contributed by atoms with van der Waals surface area (Å²) in [6.45, 7) is 4.48. The number of sulfonamides is 1. The highest BCUT2D eigenvalue weighted by Gasteiger charge is 2.48. The van der Waals surface area contributed by atoms with Crippen molar-refractivity contribution in [2.24, 2.45) is 7.05 Å². The number of para-hydroxylation sites is 1. The number of carbonyl (C=O) groups excluding carboxylic acids is 3. The third-order valence-corrected chi connectivity index (χ3v) is 9.94.